The van der Waals surface area contributed by atoms with Crippen LogP contribution in [0, 0.1) is 0 Å². The summed E-state index contributed by atoms with van der Waals surface area (Å²) in [6.07, 6.45) is 5.91. The highest BCUT2D eigenvalue weighted by Crippen LogP contribution is 2.32. The van der Waals surface area contributed by atoms with E-state index in [-0.39, 0.29) is 11.3 Å². The van der Waals surface area contributed by atoms with Crippen molar-refractivity contribution in [1.82, 2.24) is 9.78 Å². The third-order valence-corrected chi connectivity index (χ3v) is 3.05. The Balaban J connectivity index is 1.87. The van der Waals surface area contributed by atoms with Gasteiger partial charge in [0.1, 0.15) is 5.78 Å². The first-order valence-electron chi connectivity index (χ1n) is 5.37. The number of aryl methyl sites for hydroxylation is 1. The molecule has 0 unspecified atom stereocenters. The van der Waals surface area contributed by atoms with Crippen molar-refractivity contribution in [1.29, 1.82) is 0 Å². The molecule has 1 fully saturated rings. The lowest BCUT2D eigenvalue weighted by molar-refractivity contribution is -0.120. The fraction of sp³-hybridized carbons (Fsp3) is 0.636. The number of ketones is 1. The van der Waals surface area contributed by atoms with E-state index in [2.05, 4.69) is 5.10 Å². The second-order valence-electron chi connectivity index (χ2n) is 4.59. The number of hydrogen-bond acceptors (Lipinski definition) is 3. The van der Waals surface area contributed by atoms with Crippen molar-refractivity contribution in [2.45, 2.75) is 37.6 Å². The number of hydrogen-bond donors (Lipinski definition) is 1. The monoisotopic (exact) mass is 207 g/mol. The van der Waals surface area contributed by atoms with E-state index in [1.165, 1.54) is 0 Å². The minimum Gasteiger partial charge on any atom is -0.325 e. The number of Topliss-reactive ketones (excluding diaryl/α,β-unsaturated/α-hetero) is 1. The van der Waals surface area contributed by atoms with E-state index >= 15 is 0 Å². The molecule has 2 rings (SSSR count). The van der Waals surface area contributed by atoms with Gasteiger partial charge >= 0.3 is 0 Å². The van der Waals surface area contributed by atoms with Crippen LogP contribution in [0.2, 0.25) is 0 Å². The maximum atomic E-state index is 11.7. The number of nitrogens with two attached hydrogens (primary N) is 1. The first-order chi connectivity index (χ1) is 7.07. The van der Waals surface area contributed by atoms with Gasteiger partial charge in [-0.15, -0.1) is 0 Å². The summed E-state index contributed by atoms with van der Waals surface area (Å²) in [7, 11) is 1.85. The molecule has 1 aromatic heterocycles. The lowest BCUT2D eigenvalue weighted by atomic mass is 9.74. The molecule has 1 aromatic rings. The van der Waals surface area contributed by atoms with Gasteiger partial charge in [-0.3, -0.25) is 9.48 Å². The molecule has 0 aliphatic heterocycles. The maximum Gasteiger partial charge on any atom is 0.140 e. The molecule has 1 heterocycles. The Bertz CT molecular complexity index is 366. The number of aromatic nitrogens is 2. The standard InChI is InChI=1S/C11H17N3O/c1-14-6-3-9(13-14)7-10(15)8-11(12)4-2-5-11/h3,6H,2,4-5,7-8,12H2,1H3. The SMILES string of the molecule is Cn1ccc(CC(=O)CC2(N)CCC2)n1. The second-order valence-corrected chi connectivity index (χ2v) is 4.59. The van der Waals surface area contributed by atoms with Crippen LogP contribution in [0.15, 0.2) is 12.3 Å². The van der Waals surface area contributed by atoms with Crippen LogP contribution >= 0.6 is 0 Å². The average molecular weight is 207 g/mol. The highest BCUT2D eigenvalue weighted by molar-refractivity contribution is 5.81. The Morgan fingerprint density at radius 2 is 2.40 bits per heavy atom. The van der Waals surface area contributed by atoms with Crippen LogP contribution in [-0.2, 0) is 18.3 Å². The summed E-state index contributed by atoms with van der Waals surface area (Å²) in [5.74, 6) is 0.205. The van der Waals surface area contributed by atoms with Gasteiger partial charge in [-0.05, 0) is 25.3 Å². The predicted octanol–water partition coefficient (Wildman–Crippen LogP) is 0.803. The van der Waals surface area contributed by atoms with E-state index in [0.717, 1.165) is 25.0 Å². The number of nitrogens with zero attached hydrogens (tertiary/aromatic N) is 2. The van der Waals surface area contributed by atoms with Crippen molar-refractivity contribution in [2.75, 3.05) is 0 Å². The van der Waals surface area contributed by atoms with Crippen LogP contribution in [0.1, 0.15) is 31.4 Å². The van der Waals surface area contributed by atoms with E-state index in [4.69, 9.17) is 5.73 Å². The Kier molecular flexibility index (Phi) is 2.61. The zero-order chi connectivity index (χ0) is 10.9. The fourth-order valence-electron chi connectivity index (χ4n) is 2.02. The van der Waals surface area contributed by atoms with Crippen molar-refractivity contribution >= 4 is 5.78 Å². The molecule has 0 amide bonds. The van der Waals surface area contributed by atoms with Gasteiger partial charge in [0.05, 0.1) is 12.1 Å². The van der Waals surface area contributed by atoms with Crippen LogP contribution in [-0.4, -0.2) is 21.1 Å². The molecule has 1 saturated carbocycles. The largest absolute Gasteiger partial charge is 0.325 e. The van der Waals surface area contributed by atoms with Gasteiger partial charge in [-0.25, -0.2) is 0 Å². The van der Waals surface area contributed by atoms with Gasteiger partial charge in [0.15, 0.2) is 0 Å². The molecule has 1 aliphatic carbocycles. The highest BCUT2D eigenvalue weighted by Gasteiger charge is 2.34. The normalized spacial score (nSPS) is 18.5. The summed E-state index contributed by atoms with van der Waals surface area (Å²) in [6.45, 7) is 0. The Morgan fingerprint density at radius 3 is 2.87 bits per heavy atom. The average Bonchev–Trinajstić information content (AvgIpc) is 2.48. The summed E-state index contributed by atoms with van der Waals surface area (Å²) < 4.78 is 1.71. The molecule has 15 heavy (non-hydrogen) atoms. The van der Waals surface area contributed by atoms with E-state index in [9.17, 15) is 4.79 Å². The van der Waals surface area contributed by atoms with Gasteiger partial charge in [-0.1, -0.05) is 0 Å². The van der Waals surface area contributed by atoms with Crippen LogP contribution in [0.25, 0.3) is 0 Å². The third-order valence-electron chi connectivity index (χ3n) is 3.05. The van der Waals surface area contributed by atoms with Crippen LogP contribution in [0.5, 0.6) is 0 Å². The lowest BCUT2D eigenvalue weighted by Gasteiger charge is -2.37. The molecule has 4 nitrogen and oxygen atoms in total. The predicted molar refractivity (Wildman–Crippen MR) is 57.3 cm³/mol. The zero-order valence-electron chi connectivity index (χ0n) is 9.07. The fourth-order valence-corrected chi connectivity index (χ4v) is 2.02. The van der Waals surface area contributed by atoms with Crippen LogP contribution < -0.4 is 5.73 Å². The summed E-state index contributed by atoms with van der Waals surface area (Å²) >= 11 is 0. The van der Waals surface area contributed by atoms with Crippen molar-refractivity contribution in [3.8, 4) is 0 Å². The molecule has 0 bridgehead atoms. The molecular weight excluding hydrogens is 190 g/mol. The molecule has 0 spiro atoms. The molecule has 0 atom stereocenters. The Hall–Kier alpha value is -1.16. The summed E-state index contributed by atoms with van der Waals surface area (Å²) in [4.78, 5) is 11.7. The third kappa shape index (κ3) is 2.45. The Morgan fingerprint density at radius 1 is 1.67 bits per heavy atom. The van der Waals surface area contributed by atoms with Crippen molar-refractivity contribution < 1.29 is 4.79 Å². The molecule has 1 aliphatic rings. The smallest absolute Gasteiger partial charge is 0.140 e. The quantitative estimate of drug-likeness (QED) is 0.794. The lowest BCUT2D eigenvalue weighted by Crippen LogP contribution is -2.48. The molecule has 0 aromatic carbocycles. The molecular formula is C11H17N3O. The number of carbonyl (C=O) groups is 1. The minimum absolute atomic E-state index is 0.203. The molecule has 0 radical (unpaired) electrons. The van der Waals surface area contributed by atoms with Gasteiger partial charge < -0.3 is 5.73 Å². The van der Waals surface area contributed by atoms with Crippen LogP contribution in [0.4, 0.5) is 0 Å². The summed E-state index contributed by atoms with van der Waals surface area (Å²) in [5, 5.41) is 4.18. The maximum absolute atomic E-state index is 11.7. The molecule has 82 valence electrons. The van der Waals surface area contributed by atoms with E-state index in [1.54, 1.807) is 4.68 Å². The van der Waals surface area contributed by atoms with Gasteiger partial charge in [0.2, 0.25) is 0 Å². The number of carbonyl (C=O) groups excluding carboxylic acids is 1. The zero-order valence-corrected chi connectivity index (χ0v) is 9.07. The Labute approximate surface area is 89.5 Å². The van der Waals surface area contributed by atoms with Gasteiger partial charge in [0.25, 0.3) is 0 Å². The first kappa shape index (κ1) is 10.4. The molecule has 2 N–H and O–H groups in total. The summed E-state index contributed by atoms with van der Waals surface area (Å²) in [6, 6.07) is 1.88. The van der Waals surface area contributed by atoms with Crippen molar-refractivity contribution in [3.05, 3.63) is 18.0 Å². The van der Waals surface area contributed by atoms with Crippen LogP contribution in [0.3, 0.4) is 0 Å². The van der Waals surface area contributed by atoms with Crippen molar-refractivity contribution in [2.24, 2.45) is 12.8 Å². The topological polar surface area (TPSA) is 60.9 Å². The minimum atomic E-state index is -0.203. The molecule has 0 saturated heterocycles. The van der Waals surface area contributed by atoms with Crippen molar-refractivity contribution in [3.63, 3.8) is 0 Å². The second kappa shape index (κ2) is 3.77. The molecule has 4 heteroatoms. The van der Waals surface area contributed by atoms with E-state index in [0.29, 0.717) is 12.8 Å². The van der Waals surface area contributed by atoms with Gasteiger partial charge in [0, 0.05) is 25.2 Å². The van der Waals surface area contributed by atoms with E-state index in [1.807, 2.05) is 19.3 Å². The van der Waals surface area contributed by atoms with Gasteiger partial charge in [-0.2, -0.15) is 5.10 Å². The number of rotatable bonds is 4. The first-order valence-corrected chi connectivity index (χ1v) is 5.37. The van der Waals surface area contributed by atoms with E-state index < -0.39 is 0 Å². The summed E-state index contributed by atoms with van der Waals surface area (Å²) in [5.41, 5.74) is 6.65. The highest BCUT2D eigenvalue weighted by atomic mass is 16.1.